The molecule has 144 valence electrons. The third kappa shape index (κ3) is 3.96. The van der Waals surface area contributed by atoms with E-state index in [0.717, 1.165) is 15.8 Å². The van der Waals surface area contributed by atoms with Crippen LogP contribution >= 0.6 is 46.8 Å². The Morgan fingerprint density at radius 3 is 2.39 bits per heavy atom. The molecule has 1 aromatic heterocycles. The molecular formula is C20H17Cl2N3OS2. The van der Waals surface area contributed by atoms with E-state index < -0.39 is 0 Å². The Labute approximate surface area is 182 Å². The molecule has 1 fully saturated rings. The number of benzene rings is 2. The molecule has 2 aromatic carbocycles. The normalized spacial score (nSPS) is 14.4. The predicted octanol–water partition coefficient (Wildman–Crippen LogP) is 5.36. The lowest BCUT2D eigenvalue weighted by Crippen LogP contribution is -2.51. The average Bonchev–Trinajstić information content (AvgIpc) is 3.04. The van der Waals surface area contributed by atoms with Gasteiger partial charge in [-0.15, -0.1) is 11.3 Å². The van der Waals surface area contributed by atoms with Gasteiger partial charge in [0.1, 0.15) is 4.88 Å². The number of halogens is 2. The van der Waals surface area contributed by atoms with Crippen LogP contribution in [-0.2, 0) is 0 Å². The Morgan fingerprint density at radius 1 is 1.00 bits per heavy atom. The SMILES string of the molecule is O=C(c1sc2cc(Cl)ccc2c1Cl)N1CCN(C(=S)Nc2ccccc2)CC1. The predicted molar refractivity (Wildman–Crippen MR) is 122 cm³/mol. The van der Waals surface area contributed by atoms with Crippen molar-refractivity contribution in [3.8, 4) is 0 Å². The minimum atomic E-state index is -0.0380. The number of hydrogen-bond donors (Lipinski definition) is 1. The lowest BCUT2D eigenvalue weighted by Gasteiger charge is -2.36. The Morgan fingerprint density at radius 2 is 1.68 bits per heavy atom. The fraction of sp³-hybridized carbons (Fsp3) is 0.200. The van der Waals surface area contributed by atoms with Crippen molar-refractivity contribution in [3.63, 3.8) is 0 Å². The highest BCUT2D eigenvalue weighted by atomic mass is 35.5. The Balaban J connectivity index is 1.41. The molecule has 1 aliphatic rings. The second-order valence-electron chi connectivity index (χ2n) is 6.46. The van der Waals surface area contributed by atoms with Gasteiger partial charge in [0.25, 0.3) is 5.91 Å². The van der Waals surface area contributed by atoms with Gasteiger partial charge in [-0.25, -0.2) is 0 Å². The third-order valence-corrected chi connectivity index (χ3v) is 6.91. The molecule has 8 heteroatoms. The van der Waals surface area contributed by atoms with Crippen LogP contribution in [0.4, 0.5) is 5.69 Å². The van der Waals surface area contributed by atoms with E-state index in [1.165, 1.54) is 11.3 Å². The Hall–Kier alpha value is -1.86. The first-order valence-corrected chi connectivity index (χ1v) is 10.8. The topological polar surface area (TPSA) is 35.6 Å². The molecule has 1 N–H and O–H groups in total. The zero-order chi connectivity index (χ0) is 19.7. The average molecular weight is 450 g/mol. The maximum absolute atomic E-state index is 13.0. The van der Waals surface area contributed by atoms with E-state index in [-0.39, 0.29) is 5.91 Å². The molecule has 0 spiro atoms. The van der Waals surface area contributed by atoms with Crippen LogP contribution < -0.4 is 5.32 Å². The monoisotopic (exact) mass is 449 g/mol. The molecule has 1 amide bonds. The van der Waals surface area contributed by atoms with Gasteiger partial charge in [0.2, 0.25) is 0 Å². The van der Waals surface area contributed by atoms with E-state index in [0.29, 0.717) is 46.2 Å². The van der Waals surface area contributed by atoms with Crippen LogP contribution in [0.15, 0.2) is 48.5 Å². The van der Waals surface area contributed by atoms with Crippen LogP contribution in [0.1, 0.15) is 9.67 Å². The fourth-order valence-corrected chi connectivity index (χ4v) is 5.21. The van der Waals surface area contributed by atoms with E-state index in [1.54, 1.807) is 6.07 Å². The van der Waals surface area contributed by atoms with Gasteiger partial charge in [0.05, 0.1) is 5.02 Å². The highest BCUT2D eigenvalue weighted by molar-refractivity contribution is 7.80. The summed E-state index contributed by atoms with van der Waals surface area (Å²) in [6.07, 6.45) is 0. The van der Waals surface area contributed by atoms with Crippen molar-refractivity contribution in [2.24, 2.45) is 0 Å². The number of nitrogens with zero attached hydrogens (tertiary/aromatic N) is 2. The molecule has 3 aromatic rings. The molecule has 0 radical (unpaired) electrons. The van der Waals surface area contributed by atoms with Gasteiger partial charge in [0, 0.05) is 47.0 Å². The summed E-state index contributed by atoms with van der Waals surface area (Å²) in [7, 11) is 0. The number of thiocarbonyl (C=S) groups is 1. The van der Waals surface area contributed by atoms with Gasteiger partial charge in [-0.2, -0.15) is 0 Å². The van der Waals surface area contributed by atoms with Crippen LogP contribution in [0.3, 0.4) is 0 Å². The van der Waals surface area contributed by atoms with Crippen molar-refractivity contribution < 1.29 is 4.79 Å². The minimum absolute atomic E-state index is 0.0380. The Kier molecular flexibility index (Phi) is 5.73. The van der Waals surface area contributed by atoms with Crippen molar-refractivity contribution in [3.05, 3.63) is 63.5 Å². The maximum Gasteiger partial charge on any atom is 0.265 e. The number of nitrogens with one attached hydrogen (secondary N) is 1. The van der Waals surface area contributed by atoms with Gasteiger partial charge in [0.15, 0.2) is 5.11 Å². The molecule has 2 heterocycles. The van der Waals surface area contributed by atoms with Gasteiger partial charge in [-0.1, -0.05) is 47.5 Å². The lowest BCUT2D eigenvalue weighted by atomic mass is 10.2. The van der Waals surface area contributed by atoms with Crippen molar-refractivity contribution >= 4 is 73.5 Å². The summed E-state index contributed by atoms with van der Waals surface area (Å²) in [6.45, 7) is 2.55. The van der Waals surface area contributed by atoms with Crippen molar-refractivity contribution in [1.82, 2.24) is 9.80 Å². The van der Waals surface area contributed by atoms with Crippen molar-refractivity contribution in [2.75, 3.05) is 31.5 Å². The minimum Gasteiger partial charge on any atom is -0.345 e. The summed E-state index contributed by atoms with van der Waals surface area (Å²) in [5.74, 6) is -0.0380. The molecule has 0 bridgehead atoms. The number of hydrogen-bond acceptors (Lipinski definition) is 3. The quantitative estimate of drug-likeness (QED) is 0.533. The molecule has 1 saturated heterocycles. The highest BCUT2D eigenvalue weighted by Crippen LogP contribution is 2.37. The number of anilines is 1. The molecule has 0 saturated carbocycles. The highest BCUT2D eigenvalue weighted by Gasteiger charge is 2.27. The van der Waals surface area contributed by atoms with E-state index in [9.17, 15) is 4.79 Å². The number of rotatable bonds is 2. The van der Waals surface area contributed by atoms with E-state index in [4.69, 9.17) is 35.4 Å². The third-order valence-electron chi connectivity index (χ3n) is 4.66. The largest absolute Gasteiger partial charge is 0.345 e. The molecule has 4 nitrogen and oxygen atoms in total. The number of amides is 1. The summed E-state index contributed by atoms with van der Waals surface area (Å²) >= 11 is 19.4. The van der Waals surface area contributed by atoms with E-state index in [1.807, 2.05) is 47.4 Å². The summed E-state index contributed by atoms with van der Waals surface area (Å²) in [5, 5.41) is 5.92. The summed E-state index contributed by atoms with van der Waals surface area (Å²) in [4.78, 5) is 17.5. The molecule has 0 atom stereocenters. The van der Waals surface area contributed by atoms with Crippen LogP contribution in [0.25, 0.3) is 10.1 Å². The molecule has 4 rings (SSSR count). The number of piperazine rings is 1. The van der Waals surface area contributed by atoms with Gasteiger partial charge < -0.3 is 15.1 Å². The number of carbonyl (C=O) groups is 1. The second kappa shape index (κ2) is 8.25. The Bertz CT molecular complexity index is 1030. The molecule has 1 aliphatic heterocycles. The zero-order valence-corrected chi connectivity index (χ0v) is 18.0. The maximum atomic E-state index is 13.0. The first-order chi connectivity index (χ1) is 13.5. The number of carbonyl (C=O) groups excluding carboxylic acids is 1. The molecular weight excluding hydrogens is 433 g/mol. The lowest BCUT2D eigenvalue weighted by molar-refractivity contribution is 0.0698. The number of para-hydroxylation sites is 1. The number of thiophene rings is 1. The van der Waals surface area contributed by atoms with Gasteiger partial charge >= 0.3 is 0 Å². The van der Waals surface area contributed by atoms with E-state index in [2.05, 4.69) is 10.2 Å². The summed E-state index contributed by atoms with van der Waals surface area (Å²) in [6, 6.07) is 15.3. The van der Waals surface area contributed by atoms with Crippen molar-refractivity contribution in [2.45, 2.75) is 0 Å². The van der Waals surface area contributed by atoms with Crippen LogP contribution in [-0.4, -0.2) is 47.0 Å². The zero-order valence-electron chi connectivity index (χ0n) is 14.8. The van der Waals surface area contributed by atoms with E-state index >= 15 is 0 Å². The molecule has 28 heavy (non-hydrogen) atoms. The summed E-state index contributed by atoms with van der Waals surface area (Å²) < 4.78 is 0.924. The molecule has 0 unspecified atom stereocenters. The van der Waals surface area contributed by atoms with Crippen molar-refractivity contribution in [1.29, 1.82) is 0 Å². The standard InChI is InChI=1S/C20H17Cl2N3OS2/c21-13-6-7-15-16(12-13)28-18(17(15)22)19(26)24-8-10-25(11-9-24)20(27)23-14-4-2-1-3-5-14/h1-7,12H,8-11H2,(H,23,27). The number of fused-ring (bicyclic) bond motifs is 1. The van der Waals surface area contributed by atoms with Gasteiger partial charge in [-0.3, -0.25) is 4.79 Å². The van der Waals surface area contributed by atoms with Crippen LogP contribution in [0, 0.1) is 0 Å². The fourth-order valence-electron chi connectivity index (χ4n) is 3.16. The smallest absolute Gasteiger partial charge is 0.265 e. The van der Waals surface area contributed by atoms with Crippen LogP contribution in [0.2, 0.25) is 10.0 Å². The molecule has 0 aliphatic carbocycles. The summed E-state index contributed by atoms with van der Waals surface area (Å²) in [5.41, 5.74) is 0.960. The van der Waals surface area contributed by atoms with Gasteiger partial charge in [-0.05, 0) is 36.5 Å². The second-order valence-corrected chi connectivity index (χ2v) is 8.71. The van der Waals surface area contributed by atoms with Crippen LogP contribution in [0.5, 0.6) is 0 Å². The first-order valence-electron chi connectivity index (χ1n) is 8.81. The first kappa shape index (κ1) is 19.5.